The van der Waals surface area contributed by atoms with E-state index < -0.39 is 5.60 Å². The van der Waals surface area contributed by atoms with Gasteiger partial charge < -0.3 is 20.3 Å². The van der Waals surface area contributed by atoms with E-state index in [1.54, 1.807) is 11.9 Å². The number of guanidine groups is 1. The van der Waals surface area contributed by atoms with Crippen molar-refractivity contribution < 1.29 is 9.53 Å². The molecule has 1 unspecified atom stereocenters. The lowest BCUT2D eigenvalue weighted by Gasteiger charge is -2.28. The quantitative estimate of drug-likeness (QED) is 0.361. The third-order valence-corrected chi connectivity index (χ3v) is 3.03. The molecule has 138 valence electrons. The van der Waals surface area contributed by atoms with Crippen LogP contribution in [0.4, 0.5) is 4.79 Å². The fourth-order valence-corrected chi connectivity index (χ4v) is 1.67. The molecule has 0 fully saturated rings. The minimum atomic E-state index is -0.464. The highest BCUT2D eigenvalue weighted by Gasteiger charge is 2.22. The molecule has 0 saturated heterocycles. The van der Waals surface area contributed by atoms with Crippen molar-refractivity contribution in [3.8, 4) is 0 Å². The predicted molar refractivity (Wildman–Crippen MR) is 108 cm³/mol. The van der Waals surface area contributed by atoms with Crippen LogP contribution in [-0.2, 0) is 4.74 Å². The van der Waals surface area contributed by atoms with Gasteiger partial charge >= 0.3 is 6.09 Å². The van der Waals surface area contributed by atoms with E-state index in [-0.39, 0.29) is 36.1 Å². The number of ether oxygens (including phenoxy) is 1. The van der Waals surface area contributed by atoms with Crippen LogP contribution in [0.15, 0.2) is 4.99 Å². The van der Waals surface area contributed by atoms with Crippen molar-refractivity contribution in [2.75, 3.05) is 26.7 Å². The molecule has 0 rings (SSSR count). The Morgan fingerprint density at radius 3 is 2.35 bits per heavy atom. The van der Waals surface area contributed by atoms with Crippen LogP contribution in [0.25, 0.3) is 0 Å². The number of halogens is 1. The molecule has 0 aliphatic carbocycles. The van der Waals surface area contributed by atoms with Crippen LogP contribution < -0.4 is 10.6 Å². The van der Waals surface area contributed by atoms with Crippen molar-refractivity contribution in [1.82, 2.24) is 15.5 Å². The van der Waals surface area contributed by atoms with Crippen LogP contribution in [0.3, 0.4) is 0 Å². The first-order chi connectivity index (χ1) is 10.2. The fraction of sp³-hybridized carbons (Fsp3) is 0.875. The lowest BCUT2D eigenvalue weighted by molar-refractivity contribution is 0.0230. The molecule has 0 aromatic carbocycles. The Labute approximate surface area is 158 Å². The van der Waals surface area contributed by atoms with Crippen LogP contribution in [0.5, 0.6) is 0 Å². The van der Waals surface area contributed by atoms with Crippen LogP contribution >= 0.6 is 24.0 Å². The molecule has 0 heterocycles. The summed E-state index contributed by atoms with van der Waals surface area (Å²) in [5.74, 6) is 0.830. The summed E-state index contributed by atoms with van der Waals surface area (Å²) in [6.45, 7) is 14.2. The standard InChI is InChI=1S/C16H34N4O2.HI/c1-8-11-18-14(17-9-2)19-12-10-13(3)20(7)15(21)22-16(4,5)6;/h13H,8-12H2,1-7H3,(H2,17,18,19);1H. The first-order valence-corrected chi connectivity index (χ1v) is 8.19. The van der Waals surface area contributed by atoms with Crippen molar-refractivity contribution in [2.24, 2.45) is 4.99 Å². The summed E-state index contributed by atoms with van der Waals surface area (Å²) in [7, 11) is 1.77. The average molecular weight is 442 g/mol. The number of nitrogens with one attached hydrogen (secondary N) is 2. The molecule has 0 aliphatic heterocycles. The average Bonchev–Trinajstić information content (AvgIpc) is 2.41. The predicted octanol–water partition coefficient (Wildman–Crippen LogP) is 3.22. The first kappa shape index (κ1) is 24.5. The highest BCUT2D eigenvalue weighted by Crippen LogP contribution is 2.11. The van der Waals surface area contributed by atoms with Crippen molar-refractivity contribution in [3.63, 3.8) is 0 Å². The second-order valence-electron chi connectivity index (χ2n) is 6.42. The zero-order chi connectivity index (χ0) is 17.2. The molecule has 23 heavy (non-hydrogen) atoms. The second kappa shape index (κ2) is 12.7. The summed E-state index contributed by atoms with van der Waals surface area (Å²) in [6, 6.07) is 0.0939. The summed E-state index contributed by atoms with van der Waals surface area (Å²) in [5, 5.41) is 6.50. The highest BCUT2D eigenvalue weighted by atomic mass is 127. The van der Waals surface area contributed by atoms with Crippen molar-refractivity contribution >= 4 is 36.0 Å². The number of carbonyl (C=O) groups is 1. The number of aliphatic imine (C=N–C) groups is 1. The SMILES string of the molecule is CCCN=C(NCC)NCCC(C)N(C)C(=O)OC(C)(C)C.I. The molecule has 0 aromatic rings. The van der Waals surface area contributed by atoms with Gasteiger partial charge in [-0.1, -0.05) is 6.92 Å². The van der Waals surface area contributed by atoms with Crippen molar-refractivity contribution in [3.05, 3.63) is 0 Å². The van der Waals surface area contributed by atoms with Gasteiger partial charge in [0.1, 0.15) is 5.60 Å². The smallest absolute Gasteiger partial charge is 0.410 e. The Morgan fingerprint density at radius 2 is 1.87 bits per heavy atom. The van der Waals surface area contributed by atoms with Crippen LogP contribution in [0, 0.1) is 0 Å². The number of hydrogen-bond donors (Lipinski definition) is 2. The first-order valence-electron chi connectivity index (χ1n) is 8.19. The van der Waals surface area contributed by atoms with E-state index >= 15 is 0 Å². The topological polar surface area (TPSA) is 66.0 Å². The molecule has 0 bridgehead atoms. The van der Waals surface area contributed by atoms with Gasteiger partial charge in [-0.3, -0.25) is 4.99 Å². The molecule has 0 radical (unpaired) electrons. The number of nitrogens with zero attached hydrogens (tertiary/aromatic N) is 2. The lowest BCUT2D eigenvalue weighted by atomic mass is 10.2. The largest absolute Gasteiger partial charge is 0.444 e. The number of hydrogen-bond acceptors (Lipinski definition) is 3. The Balaban J connectivity index is 0. The highest BCUT2D eigenvalue weighted by molar-refractivity contribution is 14.0. The molecule has 2 N–H and O–H groups in total. The third kappa shape index (κ3) is 12.4. The number of rotatable bonds is 7. The van der Waals surface area contributed by atoms with Crippen molar-refractivity contribution in [1.29, 1.82) is 0 Å². The zero-order valence-electron chi connectivity index (χ0n) is 15.7. The van der Waals surface area contributed by atoms with Crippen LogP contribution in [0.1, 0.15) is 54.4 Å². The summed E-state index contributed by atoms with van der Waals surface area (Å²) in [5.41, 5.74) is -0.464. The van der Waals surface area contributed by atoms with Crippen LogP contribution in [-0.4, -0.2) is 55.3 Å². The normalized spacial score (nSPS) is 12.9. The number of carbonyl (C=O) groups excluding carboxylic acids is 1. The van der Waals surface area contributed by atoms with Gasteiger partial charge in [-0.25, -0.2) is 4.79 Å². The lowest BCUT2D eigenvalue weighted by Crippen LogP contribution is -2.42. The maximum atomic E-state index is 12.0. The molecule has 0 saturated carbocycles. The second-order valence-corrected chi connectivity index (χ2v) is 6.42. The zero-order valence-corrected chi connectivity index (χ0v) is 18.1. The fourth-order valence-electron chi connectivity index (χ4n) is 1.67. The summed E-state index contributed by atoms with van der Waals surface area (Å²) < 4.78 is 5.37. The third-order valence-electron chi connectivity index (χ3n) is 3.03. The van der Waals surface area contributed by atoms with E-state index in [0.717, 1.165) is 38.4 Å². The van der Waals surface area contributed by atoms with Gasteiger partial charge in [0.2, 0.25) is 0 Å². The molecular formula is C16H35IN4O2. The van der Waals surface area contributed by atoms with E-state index in [0.29, 0.717) is 0 Å². The maximum Gasteiger partial charge on any atom is 0.410 e. The van der Waals surface area contributed by atoms with Gasteiger partial charge in [0.05, 0.1) is 0 Å². The summed E-state index contributed by atoms with van der Waals surface area (Å²) >= 11 is 0. The van der Waals surface area contributed by atoms with E-state index in [1.807, 2.05) is 34.6 Å². The Hall–Kier alpha value is -0.730. The minimum Gasteiger partial charge on any atom is -0.444 e. The Morgan fingerprint density at radius 1 is 1.26 bits per heavy atom. The molecular weight excluding hydrogens is 407 g/mol. The van der Waals surface area contributed by atoms with Gasteiger partial charge in [-0.05, 0) is 47.5 Å². The molecule has 0 aromatic heterocycles. The van der Waals surface area contributed by atoms with Crippen molar-refractivity contribution in [2.45, 2.75) is 66.0 Å². The van der Waals surface area contributed by atoms with Crippen LogP contribution in [0.2, 0.25) is 0 Å². The Kier molecular flexibility index (Phi) is 13.5. The van der Waals surface area contributed by atoms with Gasteiger partial charge in [0.15, 0.2) is 5.96 Å². The summed E-state index contributed by atoms with van der Waals surface area (Å²) in [6.07, 6.45) is 1.56. The van der Waals surface area contributed by atoms with E-state index in [1.165, 1.54) is 0 Å². The molecule has 0 aliphatic rings. The molecule has 6 nitrogen and oxygen atoms in total. The molecule has 7 heteroatoms. The van der Waals surface area contributed by atoms with E-state index in [9.17, 15) is 4.79 Å². The summed E-state index contributed by atoms with van der Waals surface area (Å²) in [4.78, 5) is 18.1. The van der Waals surface area contributed by atoms with Gasteiger partial charge in [0, 0.05) is 32.7 Å². The van der Waals surface area contributed by atoms with Gasteiger partial charge in [-0.15, -0.1) is 24.0 Å². The van der Waals surface area contributed by atoms with Gasteiger partial charge in [-0.2, -0.15) is 0 Å². The van der Waals surface area contributed by atoms with E-state index in [4.69, 9.17) is 4.74 Å². The van der Waals surface area contributed by atoms with Gasteiger partial charge in [0.25, 0.3) is 0 Å². The monoisotopic (exact) mass is 442 g/mol. The molecule has 0 spiro atoms. The Bertz CT molecular complexity index is 356. The minimum absolute atomic E-state index is 0. The van der Waals surface area contributed by atoms with E-state index in [2.05, 4.69) is 22.5 Å². The molecule has 1 amide bonds. The maximum absolute atomic E-state index is 12.0. The molecule has 1 atom stereocenters. The number of amides is 1.